The highest BCUT2D eigenvalue weighted by molar-refractivity contribution is 7.84. The summed E-state index contributed by atoms with van der Waals surface area (Å²) >= 11 is 6.17. The number of hydrogen-bond donors (Lipinski definition) is 0. The van der Waals surface area contributed by atoms with Gasteiger partial charge in [-0.1, -0.05) is 17.7 Å². The van der Waals surface area contributed by atoms with Gasteiger partial charge in [0.05, 0.1) is 22.0 Å². The van der Waals surface area contributed by atoms with Crippen molar-refractivity contribution in [1.82, 2.24) is 4.90 Å². The highest BCUT2D eigenvalue weighted by Gasteiger charge is 2.28. The summed E-state index contributed by atoms with van der Waals surface area (Å²) in [5.74, 6) is 0.595. The van der Waals surface area contributed by atoms with Crippen molar-refractivity contribution < 1.29 is 13.7 Å². The molecule has 0 spiro atoms. The highest BCUT2D eigenvalue weighted by atomic mass is 35.5. The monoisotopic (exact) mass is 302 g/mol. The first-order valence-corrected chi connectivity index (χ1v) is 7.13. The number of hydrogen-bond acceptors (Lipinski definition) is 4. The Bertz CT molecular complexity index is 532. The van der Waals surface area contributed by atoms with Crippen LogP contribution in [0.3, 0.4) is 0 Å². The van der Waals surface area contributed by atoms with E-state index in [-0.39, 0.29) is 6.29 Å². The zero-order valence-electron chi connectivity index (χ0n) is 10.9. The van der Waals surface area contributed by atoms with Crippen molar-refractivity contribution in [3.63, 3.8) is 0 Å². The molecule has 1 heterocycles. The third kappa shape index (κ3) is 2.81. The molecule has 1 atom stereocenters. The Balaban J connectivity index is 2.28. The van der Waals surface area contributed by atoms with Crippen LogP contribution >= 0.6 is 11.6 Å². The average molecular weight is 303 g/mol. The lowest BCUT2D eigenvalue weighted by Crippen LogP contribution is -2.36. The van der Waals surface area contributed by atoms with Gasteiger partial charge in [-0.15, -0.1) is 0 Å². The van der Waals surface area contributed by atoms with Crippen LogP contribution in [0.1, 0.15) is 5.56 Å². The molecule has 1 aliphatic rings. The van der Waals surface area contributed by atoms with E-state index in [1.165, 1.54) is 0 Å². The van der Waals surface area contributed by atoms with E-state index >= 15 is 0 Å². The maximum atomic E-state index is 11.9. The number of methoxy groups -OCH3 is 2. The summed E-state index contributed by atoms with van der Waals surface area (Å²) in [5, 5.41) is 0.542. The minimum absolute atomic E-state index is 0.382. The topological polar surface area (TPSA) is 51.1 Å². The maximum absolute atomic E-state index is 11.9. The minimum Gasteiger partial charge on any atom is -0.354 e. The number of amidine groups is 1. The van der Waals surface area contributed by atoms with Crippen molar-refractivity contribution in [2.45, 2.75) is 11.2 Å². The quantitative estimate of drug-likeness (QED) is 0.794. The van der Waals surface area contributed by atoms with Gasteiger partial charge < -0.3 is 14.4 Å². The van der Waals surface area contributed by atoms with Crippen molar-refractivity contribution in [1.29, 1.82) is 0 Å². The van der Waals surface area contributed by atoms with Crippen LogP contribution in [0.2, 0.25) is 5.02 Å². The summed E-state index contributed by atoms with van der Waals surface area (Å²) in [4.78, 5) is 2.47. The third-order valence-electron chi connectivity index (χ3n) is 2.87. The van der Waals surface area contributed by atoms with Gasteiger partial charge in [0.1, 0.15) is 5.84 Å². The first-order valence-electron chi connectivity index (χ1n) is 5.64. The zero-order chi connectivity index (χ0) is 14.0. The zero-order valence-corrected chi connectivity index (χ0v) is 12.5. The van der Waals surface area contributed by atoms with Gasteiger partial charge in [0.15, 0.2) is 17.3 Å². The van der Waals surface area contributed by atoms with Gasteiger partial charge in [-0.25, -0.2) is 4.21 Å². The molecule has 0 aliphatic carbocycles. The van der Waals surface area contributed by atoms with Crippen molar-refractivity contribution in [2.24, 2.45) is 4.40 Å². The van der Waals surface area contributed by atoms with Crippen LogP contribution in [0.4, 0.5) is 0 Å². The molecule has 19 heavy (non-hydrogen) atoms. The standard InChI is InChI=1S/C12H15ClN2O3S/c1-15(7-10(17-2)18-3)12-11-8(13)5-4-6-9(11)19(16)14-12/h4-6,10H,7H2,1-3H3. The SMILES string of the molecule is COC(CN(C)C1=NS(=O)c2cccc(Cl)c21)OC. The van der Waals surface area contributed by atoms with E-state index in [4.69, 9.17) is 21.1 Å². The third-order valence-corrected chi connectivity index (χ3v) is 4.24. The summed E-state index contributed by atoms with van der Waals surface area (Å²) in [5.41, 5.74) is 0.718. The Hall–Kier alpha value is -0.950. The first kappa shape index (κ1) is 14.5. The molecule has 2 rings (SSSR count). The molecule has 7 heteroatoms. The van der Waals surface area contributed by atoms with Gasteiger partial charge in [-0.2, -0.15) is 4.40 Å². The smallest absolute Gasteiger partial charge is 0.175 e. The molecule has 0 bridgehead atoms. The van der Waals surface area contributed by atoms with Crippen LogP contribution in [0.15, 0.2) is 27.5 Å². The largest absolute Gasteiger partial charge is 0.354 e. The van der Waals surface area contributed by atoms with E-state index < -0.39 is 11.0 Å². The minimum atomic E-state index is -1.40. The lowest BCUT2D eigenvalue weighted by molar-refractivity contribution is -0.107. The van der Waals surface area contributed by atoms with E-state index in [2.05, 4.69) is 4.40 Å². The van der Waals surface area contributed by atoms with E-state index in [1.807, 2.05) is 11.9 Å². The van der Waals surface area contributed by atoms with Crippen LogP contribution < -0.4 is 0 Å². The van der Waals surface area contributed by atoms with Gasteiger partial charge >= 0.3 is 0 Å². The Morgan fingerprint density at radius 3 is 2.74 bits per heavy atom. The van der Waals surface area contributed by atoms with Gasteiger partial charge in [-0.05, 0) is 12.1 Å². The molecule has 0 radical (unpaired) electrons. The fourth-order valence-corrected chi connectivity index (χ4v) is 3.23. The lowest BCUT2D eigenvalue weighted by Gasteiger charge is -2.24. The number of fused-ring (bicyclic) bond motifs is 1. The normalized spacial score (nSPS) is 17.5. The Labute approximate surface area is 119 Å². The predicted octanol–water partition coefficient (Wildman–Crippen LogP) is 1.67. The Kier molecular flexibility index (Phi) is 4.57. The van der Waals surface area contributed by atoms with E-state index in [1.54, 1.807) is 32.4 Å². The summed E-state index contributed by atoms with van der Waals surface area (Å²) in [6.45, 7) is 0.466. The van der Waals surface area contributed by atoms with Gasteiger partial charge in [-0.3, -0.25) is 0 Å². The number of likely N-dealkylation sites (N-methyl/N-ethyl adjacent to an activating group) is 1. The maximum Gasteiger partial charge on any atom is 0.175 e. The molecule has 0 N–H and O–H groups in total. The summed E-state index contributed by atoms with van der Waals surface area (Å²) < 4.78 is 26.4. The molecule has 1 aromatic rings. The highest BCUT2D eigenvalue weighted by Crippen LogP contribution is 2.30. The van der Waals surface area contributed by atoms with Crippen molar-refractivity contribution in [2.75, 3.05) is 27.8 Å². The van der Waals surface area contributed by atoms with Crippen LogP contribution in [-0.2, 0) is 20.5 Å². The van der Waals surface area contributed by atoms with Crippen molar-refractivity contribution in [3.8, 4) is 0 Å². The molecule has 5 nitrogen and oxygen atoms in total. The van der Waals surface area contributed by atoms with Crippen LogP contribution in [0, 0.1) is 0 Å². The van der Waals surface area contributed by atoms with Gasteiger partial charge in [0, 0.05) is 21.3 Å². The molecule has 1 aliphatic heterocycles. The number of benzene rings is 1. The Morgan fingerprint density at radius 2 is 2.11 bits per heavy atom. The fraction of sp³-hybridized carbons (Fsp3) is 0.417. The van der Waals surface area contributed by atoms with Crippen LogP contribution in [0.25, 0.3) is 0 Å². The molecule has 0 amide bonds. The number of nitrogens with zero attached hydrogens (tertiary/aromatic N) is 2. The summed E-state index contributed by atoms with van der Waals surface area (Å²) in [6, 6.07) is 5.30. The van der Waals surface area contributed by atoms with E-state index in [0.717, 1.165) is 5.56 Å². The van der Waals surface area contributed by atoms with Crippen LogP contribution in [-0.4, -0.2) is 49.0 Å². The van der Waals surface area contributed by atoms with Gasteiger partial charge in [0.2, 0.25) is 0 Å². The lowest BCUT2D eigenvalue weighted by atomic mass is 10.2. The van der Waals surface area contributed by atoms with Crippen LogP contribution in [0.5, 0.6) is 0 Å². The number of rotatable bonds is 4. The molecule has 1 aromatic carbocycles. The van der Waals surface area contributed by atoms with Crippen molar-refractivity contribution >= 4 is 28.4 Å². The predicted molar refractivity (Wildman–Crippen MR) is 74.8 cm³/mol. The number of halogens is 1. The van der Waals surface area contributed by atoms with E-state index in [9.17, 15) is 4.21 Å². The second kappa shape index (κ2) is 6.00. The van der Waals surface area contributed by atoms with Gasteiger partial charge in [0.25, 0.3) is 0 Å². The number of ether oxygens (including phenoxy) is 2. The molecule has 0 aromatic heterocycles. The molecular formula is C12H15ClN2O3S. The second-order valence-corrected chi connectivity index (χ2v) is 5.59. The average Bonchev–Trinajstić information content (AvgIpc) is 2.75. The molecule has 1 unspecified atom stereocenters. The molecular weight excluding hydrogens is 288 g/mol. The van der Waals surface area contributed by atoms with E-state index in [0.29, 0.717) is 22.3 Å². The Morgan fingerprint density at radius 1 is 1.42 bits per heavy atom. The summed E-state index contributed by atoms with van der Waals surface area (Å²) in [6.07, 6.45) is -0.382. The molecule has 0 fully saturated rings. The first-order chi connectivity index (χ1) is 9.08. The second-order valence-electron chi connectivity index (χ2n) is 4.06. The molecule has 104 valence electrons. The van der Waals surface area contributed by atoms with Crippen molar-refractivity contribution in [3.05, 3.63) is 28.8 Å². The summed E-state index contributed by atoms with van der Waals surface area (Å²) in [7, 11) is 3.57. The molecule has 0 saturated carbocycles. The fourth-order valence-electron chi connectivity index (χ4n) is 1.86. The molecule has 0 saturated heterocycles.